The van der Waals surface area contributed by atoms with Crippen molar-refractivity contribution in [3.63, 3.8) is 0 Å². The Labute approximate surface area is 99.2 Å². The van der Waals surface area contributed by atoms with E-state index in [-0.39, 0.29) is 12.5 Å². The molecule has 0 aliphatic heterocycles. The van der Waals surface area contributed by atoms with Gasteiger partial charge in [0.2, 0.25) is 5.91 Å². The summed E-state index contributed by atoms with van der Waals surface area (Å²) in [5.41, 5.74) is 0. The van der Waals surface area contributed by atoms with Gasteiger partial charge in [-0.2, -0.15) is 0 Å². The van der Waals surface area contributed by atoms with E-state index in [0.29, 0.717) is 19.0 Å². The lowest BCUT2D eigenvalue weighted by atomic mass is 10.1. The van der Waals surface area contributed by atoms with Crippen molar-refractivity contribution in [2.45, 2.75) is 39.2 Å². The summed E-state index contributed by atoms with van der Waals surface area (Å²) in [6.07, 6.45) is 2.66. The second-order valence-electron chi connectivity index (χ2n) is 4.27. The highest BCUT2D eigenvalue weighted by atomic mass is 16.3. The molecule has 16 heavy (non-hydrogen) atoms. The monoisotopic (exact) mass is 230 g/mol. The molecule has 0 saturated heterocycles. The van der Waals surface area contributed by atoms with Crippen molar-refractivity contribution in [1.82, 2.24) is 9.80 Å². The molecule has 0 aliphatic carbocycles. The number of carbonyl (C=O) groups is 1. The first-order valence-corrected chi connectivity index (χ1v) is 6.11. The molecule has 0 aromatic heterocycles. The molecule has 0 fully saturated rings. The van der Waals surface area contributed by atoms with Crippen molar-refractivity contribution in [1.29, 1.82) is 0 Å². The summed E-state index contributed by atoms with van der Waals surface area (Å²) in [6, 6.07) is 0.474. The Kier molecular flexibility index (Phi) is 8.21. The Morgan fingerprint density at radius 2 is 1.75 bits per heavy atom. The zero-order valence-corrected chi connectivity index (χ0v) is 11.1. The summed E-state index contributed by atoms with van der Waals surface area (Å²) in [6.45, 7) is 5.85. The Hall–Kier alpha value is -0.610. The second kappa shape index (κ2) is 8.53. The Morgan fingerprint density at radius 1 is 1.19 bits per heavy atom. The number of amides is 1. The van der Waals surface area contributed by atoms with Crippen molar-refractivity contribution in [3.8, 4) is 0 Å². The molecule has 4 heteroatoms. The lowest BCUT2D eigenvalue weighted by Gasteiger charge is -2.29. The Bertz CT molecular complexity index is 191. The molecule has 0 bridgehead atoms. The highest BCUT2D eigenvalue weighted by Crippen LogP contribution is 2.09. The van der Waals surface area contributed by atoms with Crippen molar-refractivity contribution < 1.29 is 9.90 Å². The molecule has 0 unspecified atom stereocenters. The molecule has 0 rings (SSSR count). The largest absolute Gasteiger partial charge is 0.395 e. The van der Waals surface area contributed by atoms with Gasteiger partial charge in [0.05, 0.1) is 6.61 Å². The van der Waals surface area contributed by atoms with Gasteiger partial charge in [-0.15, -0.1) is 0 Å². The van der Waals surface area contributed by atoms with Gasteiger partial charge >= 0.3 is 0 Å². The van der Waals surface area contributed by atoms with E-state index in [1.807, 2.05) is 0 Å². The number of hydrogen-bond acceptors (Lipinski definition) is 3. The third kappa shape index (κ3) is 5.47. The maximum atomic E-state index is 11.5. The van der Waals surface area contributed by atoms with Crippen LogP contribution in [0.3, 0.4) is 0 Å². The van der Waals surface area contributed by atoms with Crippen LogP contribution < -0.4 is 0 Å². The normalized spacial score (nSPS) is 11.2. The van der Waals surface area contributed by atoms with E-state index in [1.54, 1.807) is 19.0 Å². The summed E-state index contributed by atoms with van der Waals surface area (Å²) >= 11 is 0. The van der Waals surface area contributed by atoms with Crippen LogP contribution in [-0.2, 0) is 4.79 Å². The summed E-state index contributed by atoms with van der Waals surface area (Å²) in [4.78, 5) is 15.3. The van der Waals surface area contributed by atoms with Crippen molar-refractivity contribution >= 4 is 5.91 Å². The SMILES string of the molecule is CCC(CC)N(CCO)CCC(=O)N(C)C. The van der Waals surface area contributed by atoms with Gasteiger partial charge in [0.25, 0.3) is 0 Å². The van der Waals surface area contributed by atoms with E-state index in [1.165, 1.54) is 0 Å². The fourth-order valence-electron chi connectivity index (χ4n) is 1.87. The van der Waals surface area contributed by atoms with Crippen LogP contribution >= 0.6 is 0 Å². The van der Waals surface area contributed by atoms with Gasteiger partial charge in [0.1, 0.15) is 0 Å². The first-order valence-electron chi connectivity index (χ1n) is 6.11. The molecular weight excluding hydrogens is 204 g/mol. The van der Waals surface area contributed by atoms with Crippen LogP contribution in [0.25, 0.3) is 0 Å². The smallest absolute Gasteiger partial charge is 0.223 e. The molecule has 1 amide bonds. The van der Waals surface area contributed by atoms with Crippen LogP contribution in [0.15, 0.2) is 0 Å². The number of hydrogen-bond donors (Lipinski definition) is 1. The standard InChI is InChI=1S/C12H26N2O2/c1-5-11(6-2)14(9-10-15)8-7-12(16)13(3)4/h11,15H,5-10H2,1-4H3. The summed E-state index contributed by atoms with van der Waals surface area (Å²) in [5, 5.41) is 9.01. The van der Waals surface area contributed by atoms with Gasteiger partial charge < -0.3 is 10.0 Å². The first kappa shape index (κ1) is 15.4. The van der Waals surface area contributed by atoms with E-state index >= 15 is 0 Å². The minimum Gasteiger partial charge on any atom is -0.395 e. The van der Waals surface area contributed by atoms with E-state index in [2.05, 4.69) is 18.7 Å². The molecular formula is C12H26N2O2. The molecule has 0 heterocycles. The highest BCUT2D eigenvalue weighted by molar-refractivity contribution is 5.75. The van der Waals surface area contributed by atoms with Crippen molar-refractivity contribution in [3.05, 3.63) is 0 Å². The lowest BCUT2D eigenvalue weighted by Crippen LogP contribution is -2.39. The molecule has 0 radical (unpaired) electrons. The van der Waals surface area contributed by atoms with Gasteiger partial charge in [-0.05, 0) is 12.8 Å². The van der Waals surface area contributed by atoms with Gasteiger partial charge in [-0.1, -0.05) is 13.8 Å². The zero-order chi connectivity index (χ0) is 12.6. The first-order chi connectivity index (χ1) is 7.56. The Balaban J connectivity index is 4.16. The highest BCUT2D eigenvalue weighted by Gasteiger charge is 2.16. The van der Waals surface area contributed by atoms with Crippen LogP contribution in [-0.4, -0.2) is 60.6 Å². The fraction of sp³-hybridized carbons (Fsp3) is 0.917. The van der Waals surface area contributed by atoms with E-state index < -0.39 is 0 Å². The third-order valence-corrected chi connectivity index (χ3v) is 2.96. The van der Waals surface area contributed by atoms with Gasteiger partial charge in [0, 0.05) is 39.6 Å². The molecule has 0 aliphatic rings. The summed E-state index contributed by atoms with van der Waals surface area (Å²) < 4.78 is 0. The van der Waals surface area contributed by atoms with Crippen LogP contribution in [0, 0.1) is 0 Å². The molecule has 0 atom stereocenters. The van der Waals surface area contributed by atoms with Crippen molar-refractivity contribution in [2.24, 2.45) is 0 Å². The number of carbonyl (C=O) groups excluding carboxylic acids is 1. The van der Waals surface area contributed by atoms with Crippen LogP contribution in [0.5, 0.6) is 0 Å². The maximum Gasteiger partial charge on any atom is 0.223 e. The van der Waals surface area contributed by atoms with Gasteiger partial charge in [-0.3, -0.25) is 9.69 Å². The molecule has 0 aromatic rings. The van der Waals surface area contributed by atoms with Crippen molar-refractivity contribution in [2.75, 3.05) is 33.8 Å². The van der Waals surface area contributed by atoms with E-state index in [9.17, 15) is 4.79 Å². The molecule has 0 aromatic carbocycles. The number of aliphatic hydroxyl groups is 1. The minimum absolute atomic E-state index is 0.147. The predicted molar refractivity (Wildman–Crippen MR) is 66.3 cm³/mol. The van der Waals surface area contributed by atoms with Gasteiger partial charge in [-0.25, -0.2) is 0 Å². The molecule has 1 N–H and O–H groups in total. The quantitative estimate of drug-likeness (QED) is 0.675. The fourth-order valence-corrected chi connectivity index (χ4v) is 1.87. The maximum absolute atomic E-state index is 11.5. The molecule has 96 valence electrons. The number of nitrogens with zero attached hydrogens (tertiary/aromatic N) is 2. The van der Waals surface area contributed by atoms with Crippen LogP contribution in [0.1, 0.15) is 33.1 Å². The summed E-state index contributed by atoms with van der Waals surface area (Å²) in [5.74, 6) is 0.147. The van der Waals surface area contributed by atoms with Gasteiger partial charge in [0.15, 0.2) is 0 Å². The van der Waals surface area contributed by atoms with E-state index in [4.69, 9.17) is 5.11 Å². The molecule has 0 spiro atoms. The average molecular weight is 230 g/mol. The molecule has 4 nitrogen and oxygen atoms in total. The van der Waals surface area contributed by atoms with E-state index in [0.717, 1.165) is 19.4 Å². The minimum atomic E-state index is 0.147. The van der Waals surface area contributed by atoms with Crippen LogP contribution in [0.2, 0.25) is 0 Å². The lowest BCUT2D eigenvalue weighted by molar-refractivity contribution is -0.129. The molecule has 0 saturated carbocycles. The Morgan fingerprint density at radius 3 is 2.12 bits per heavy atom. The predicted octanol–water partition coefficient (Wildman–Crippen LogP) is 0.948. The third-order valence-electron chi connectivity index (χ3n) is 2.96. The average Bonchev–Trinajstić information content (AvgIpc) is 2.26. The number of aliphatic hydroxyl groups excluding tert-OH is 1. The topological polar surface area (TPSA) is 43.8 Å². The number of rotatable bonds is 8. The second-order valence-corrected chi connectivity index (χ2v) is 4.27. The summed E-state index contributed by atoms with van der Waals surface area (Å²) in [7, 11) is 3.55. The zero-order valence-electron chi connectivity index (χ0n) is 11.1. The van der Waals surface area contributed by atoms with Crippen LogP contribution in [0.4, 0.5) is 0 Å².